The van der Waals surface area contributed by atoms with Gasteiger partial charge >= 0.3 is 0 Å². The monoisotopic (exact) mass is 272 g/mol. The van der Waals surface area contributed by atoms with E-state index in [1.807, 2.05) is 0 Å². The Kier molecular flexibility index (Phi) is 1.99. The fourth-order valence-corrected chi connectivity index (χ4v) is 8.94. The minimum Gasteiger partial charge on any atom is -0.0596 e. The fraction of sp³-hybridized carbons (Fsp3) is 1.00. The molecule has 7 atom stereocenters. The molecular formula is C20H32. The van der Waals surface area contributed by atoms with Crippen molar-refractivity contribution in [1.29, 1.82) is 0 Å². The van der Waals surface area contributed by atoms with Gasteiger partial charge in [-0.2, -0.15) is 0 Å². The van der Waals surface area contributed by atoms with E-state index in [0.717, 1.165) is 34.5 Å². The lowest BCUT2D eigenvalue weighted by molar-refractivity contribution is -0.160. The Labute approximate surface area is 125 Å². The molecule has 6 saturated carbocycles. The van der Waals surface area contributed by atoms with Crippen LogP contribution in [0.5, 0.6) is 0 Å². The molecule has 0 radical (unpaired) electrons. The van der Waals surface area contributed by atoms with Crippen molar-refractivity contribution < 1.29 is 0 Å². The van der Waals surface area contributed by atoms with Gasteiger partial charge in [0, 0.05) is 0 Å². The number of hydrogen-bond donors (Lipinski definition) is 0. The van der Waals surface area contributed by atoms with E-state index in [9.17, 15) is 0 Å². The number of fused-ring (bicyclic) bond motifs is 1. The van der Waals surface area contributed by atoms with Crippen LogP contribution in [-0.4, -0.2) is 0 Å². The Morgan fingerprint density at radius 3 is 2.30 bits per heavy atom. The zero-order valence-electron chi connectivity index (χ0n) is 14.0. The minimum absolute atomic E-state index is 0.613. The summed E-state index contributed by atoms with van der Waals surface area (Å²) in [6.07, 6.45) is 12.5. The van der Waals surface area contributed by atoms with Crippen molar-refractivity contribution in [2.24, 2.45) is 45.3 Å². The quantitative estimate of drug-likeness (QED) is 0.533. The van der Waals surface area contributed by atoms with E-state index in [4.69, 9.17) is 0 Å². The molecule has 0 aromatic rings. The molecule has 0 saturated heterocycles. The third-order valence-electron chi connectivity index (χ3n) is 9.66. The zero-order chi connectivity index (χ0) is 14.0. The predicted molar refractivity (Wildman–Crippen MR) is 83.3 cm³/mol. The van der Waals surface area contributed by atoms with Crippen LogP contribution in [0.2, 0.25) is 0 Å². The lowest BCUT2D eigenvalue weighted by atomic mass is 9.40. The molecule has 0 heterocycles. The van der Waals surface area contributed by atoms with Crippen molar-refractivity contribution in [3.63, 3.8) is 0 Å². The van der Waals surface area contributed by atoms with Gasteiger partial charge in [0.05, 0.1) is 0 Å². The van der Waals surface area contributed by atoms with E-state index in [0.29, 0.717) is 10.8 Å². The highest BCUT2D eigenvalue weighted by Gasteiger charge is 2.78. The maximum Gasteiger partial charge on any atom is -0.0255 e. The topological polar surface area (TPSA) is 0 Å². The Bertz CT molecular complexity index is 476. The fourth-order valence-electron chi connectivity index (χ4n) is 8.94. The maximum atomic E-state index is 2.72. The van der Waals surface area contributed by atoms with Crippen LogP contribution in [0.4, 0.5) is 0 Å². The van der Waals surface area contributed by atoms with Crippen LogP contribution in [-0.2, 0) is 0 Å². The van der Waals surface area contributed by atoms with Gasteiger partial charge in [0.25, 0.3) is 0 Å². The van der Waals surface area contributed by atoms with Crippen molar-refractivity contribution in [3.05, 3.63) is 0 Å². The molecule has 112 valence electrons. The lowest BCUT2D eigenvalue weighted by Gasteiger charge is -2.65. The molecule has 1 spiro atoms. The Morgan fingerprint density at radius 2 is 1.60 bits per heavy atom. The number of hydrogen-bond acceptors (Lipinski definition) is 0. The van der Waals surface area contributed by atoms with Crippen LogP contribution in [0, 0.1) is 45.3 Å². The van der Waals surface area contributed by atoms with Gasteiger partial charge in [-0.3, -0.25) is 0 Å². The summed E-state index contributed by atoms with van der Waals surface area (Å²) in [5.74, 6) is 4.39. The molecule has 6 aliphatic carbocycles. The van der Waals surface area contributed by atoms with E-state index in [-0.39, 0.29) is 0 Å². The largest absolute Gasteiger partial charge is 0.0596 e. The van der Waals surface area contributed by atoms with Crippen molar-refractivity contribution in [3.8, 4) is 0 Å². The molecule has 0 heteroatoms. The SMILES string of the molecule is CC1(C)CCC[C@]2(C)[C@@H]1CC[C@@]13CC4[C@@H](C[C@H]12)[C@@]4(C)C3. The van der Waals surface area contributed by atoms with Crippen LogP contribution in [0.15, 0.2) is 0 Å². The highest BCUT2D eigenvalue weighted by atomic mass is 14.8. The average molecular weight is 272 g/mol. The van der Waals surface area contributed by atoms with Crippen LogP contribution in [0.1, 0.15) is 79.1 Å². The van der Waals surface area contributed by atoms with Crippen LogP contribution >= 0.6 is 0 Å². The summed E-state index contributed by atoms with van der Waals surface area (Å²) in [6.45, 7) is 10.5. The lowest BCUT2D eigenvalue weighted by Crippen LogP contribution is -2.57. The summed E-state index contributed by atoms with van der Waals surface area (Å²) < 4.78 is 0. The van der Waals surface area contributed by atoms with Crippen LogP contribution in [0.3, 0.4) is 0 Å². The molecule has 0 aromatic carbocycles. The first-order valence-electron chi connectivity index (χ1n) is 9.32. The van der Waals surface area contributed by atoms with Gasteiger partial charge in [0.2, 0.25) is 0 Å². The van der Waals surface area contributed by atoms with Crippen LogP contribution < -0.4 is 0 Å². The second kappa shape index (κ2) is 3.18. The van der Waals surface area contributed by atoms with Crippen LogP contribution in [0.25, 0.3) is 0 Å². The zero-order valence-corrected chi connectivity index (χ0v) is 14.0. The van der Waals surface area contributed by atoms with E-state index >= 15 is 0 Å². The molecule has 1 unspecified atom stereocenters. The maximum absolute atomic E-state index is 2.72. The average Bonchev–Trinajstić information content (AvgIpc) is 2.80. The summed E-state index contributed by atoms with van der Waals surface area (Å²) in [5.41, 5.74) is 2.91. The Morgan fingerprint density at radius 1 is 0.800 bits per heavy atom. The van der Waals surface area contributed by atoms with Gasteiger partial charge in [0.15, 0.2) is 0 Å². The molecule has 6 aliphatic rings. The molecule has 0 aliphatic heterocycles. The Hall–Kier alpha value is 0. The van der Waals surface area contributed by atoms with Crippen molar-refractivity contribution in [2.45, 2.75) is 79.1 Å². The third-order valence-corrected chi connectivity index (χ3v) is 9.66. The second-order valence-electron chi connectivity index (χ2n) is 10.7. The van der Waals surface area contributed by atoms with Gasteiger partial charge in [-0.15, -0.1) is 0 Å². The Balaban J connectivity index is 1.57. The molecule has 0 nitrogen and oxygen atoms in total. The normalized spacial score (nSPS) is 65.4. The van der Waals surface area contributed by atoms with E-state index in [1.165, 1.54) is 12.8 Å². The molecule has 6 rings (SSSR count). The third kappa shape index (κ3) is 1.16. The summed E-state index contributed by atoms with van der Waals surface area (Å²) in [5, 5.41) is 0. The smallest absolute Gasteiger partial charge is 0.0255 e. The molecule has 4 bridgehead atoms. The van der Waals surface area contributed by atoms with Gasteiger partial charge in [-0.25, -0.2) is 0 Å². The van der Waals surface area contributed by atoms with Gasteiger partial charge in [-0.05, 0) is 90.3 Å². The molecule has 20 heavy (non-hydrogen) atoms. The van der Waals surface area contributed by atoms with Gasteiger partial charge in [-0.1, -0.05) is 34.1 Å². The standard InChI is InChI=1S/C20H32/c1-17(2)7-5-8-18(3)15(17)6-9-20-11-14-13(10-16(18)20)19(14,4)12-20/h13-16H,5-12H2,1-4H3/t13-,14?,15-,16+,18-,19-,20+/m1/s1. The molecule has 0 amide bonds. The predicted octanol–water partition coefficient (Wildman–Crippen LogP) is 5.67. The van der Waals surface area contributed by atoms with Gasteiger partial charge in [0.1, 0.15) is 0 Å². The summed E-state index contributed by atoms with van der Waals surface area (Å²) in [6, 6.07) is 0. The summed E-state index contributed by atoms with van der Waals surface area (Å²) >= 11 is 0. The molecule has 6 fully saturated rings. The number of rotatable bonds is 0. The molecular weight excluding hydrogens is 240 g/mol. The van der Waals surface area contributed by atoms with Crippen molar-refractivity contribution in [2.75, 3.05) is 0 Å². The van der Waals surface area contributed by atoms with E-state index < -0.39 is 0 Å². The highest BCUT2D eigenvalue weighted by molar-refractivity contribution is 5.26. The minimum atomic E-state index is 0.613. The van der Waals surface area contributed by atoms with Gasteiger partial charge < -0.3 is 0 Å². The van der Waals surface area contributed by atoms with Crippen molar-refractivity contribution >= 4 is 0 Å². The highest BCUT2D eigenvalue weighted by Crippen LogP contribution is 2.85. The molecule has 0 N–H and O–H groups in total. The van der Waals surface area contributed by atoms with E-state index in [2.05, 4.69) is 27.7 Å². The summed E-state index contributed by atoms with van der Waals surface area (Å²) in [7, 11) is 0. The summed E-state index contributed by atoms with van der Waals surface area (Å²) in [4.78, 5) is 0. The van der Waals surface area contributed by atoms with Crippen molar-refractivity contribution in [1.82, 2.24) is 0 Å². The first kappa shape index (κ1) is 12.5. The second-order valence-corrected chi connectivity index (χ2v) is 10.7. The first-order valence-corrected chi connectivity index (χ1v) is 9.32. The molecule has 0 aromatic heterocycles. The first-order chi connectivity index (χ1) is 9.32. The van der Waals surface area contributed by atoms with E-state index in [1.54, 1.807) is 38.5 Å².